The second-order valence-corrected chi connectivity index (χ2v) is 4.63. The van der Waals surface area contributed by atoms with Gasteiger partial charge in [-0.1, -0.05) is 38.1 Å². The maximum Gasteiger partial charge on any atom is 0.188 e. The van der Waals surface area contributed by atoms with Gasteiger partial charge in [0.1, 0.15) is 0 Å². The molecule has 1 unspecified atom stereocenters. The lowest BCUT2D eigenvalue weighted by Crippen LogP contribution is -2.39. The molecule has 1 aliphatic heterocycles. The molecular formula is C13H19N3. The average Bonchev–Trinajstić information content (AvgIpc) is 2.30. The molecule has 3 N–H and O–H groups in total. The van der Waals surface area contributed by atoms with Crippen LogP contribution in [-0.4, -0.2) is 19.0 Å². The summed E-state index contributed by atoms with van der Waals surface area (Å²) < 4.78 is 0. The molecule has 2 rings (SSSR count). The Balaban J connectivity index is 2.10. The Morgan fingerprint density at radius 3 is 2.50 bits per heavy atom. The summed E-state index contributed by atoms with van der Waals surface area (Å²) in [7, 11) is 0. The van der Waals surface area contributed by atoms with Crippen LogP contribution in [0.25, 0.3) is 0 Å². The van der Waals surface area contributed by atoms with E-state index in [1.807, 2.05) is 0 Å². The average molecular weight is 217 g/mol. The number of aliphatic imine (C=N–C) groups is 1. The summed E-state index contributed by atoms with van der Waals surface area (Å²) in [5.41, 5.74) is 8.30. The third kappa shape index (κ3) is 2.35. The van der Waals surface area contributed by atoms with Crippen LogP contribution in [-0.2, 0) is 0 Å². The first-order valence-corrected chi connectivity index (χ1v) is 5.80. The van der Waals surface area contributed by atoms with Gasteiger partial charge in [0.2, 0.25) is 0 Å². The highest BCUT2D eigenvalue weighted by Gasteiger charge is 2.15. The first-order chi connectivity index (χ1) is 7.66. The third-order valence-electron chi connectivity index (χ3n) is 3.09. The van der Waals surface area contributed by atoms with Crippen LogP contribution < -0.4 is 11.1 Å². The molecule has 1 atom stereocenters. The number of nitrogens with two attached hydrogens (primary N) is 1. The summed E-state index contributed by atoms with van der Waals surface area (Å²) in [6, 6.07) is 8.83. The van der Waals surface area contributed by atoms with Crippen LogP contribution >= 0.6 is 0 Å². The standard InChI is InChI=1S/C13H19N3/c1-9(2)10-3-5-11(6-4-10)12-7-15-13(14)16-8-12/h3-6,9,12H,7-8H2,1-2H3,(H3,14,15,16). The molecule has 0 bridgehead atoms. The minimum Gasteiger partial charge on any atom is -0.370 e. The molecule has 0 aromatic heterocycles. The van der Waals surface area contributed by atoms with Gasteiger partial charge in [-0.2, -0.15) is 0 Å². The van der Waals surface area contributed by atoms with Gasteiger partial charge in [-0.25, -0.2) is 0 Å². The van der Waals surface area contributed by atoms with E-state index < -0.39 is 0 Å². The molecule has 0 amide bonds. The van der Waals surface area contributed by atoms with Crippen molar-refractivity contribution in [2.24, 2.45) is 10.7 Å². The fraction of sp³-hybridized carbons (Fsp3) is 0.462. The molecule has 3 nitrogen and oxygen atoms in total. The molecule has 0 spiro atoms. The van der Waals surface area contributed by atoms with E-state index in [0.29, 0.717) is 17.8 Å². The topological polar surface area (TPSA) is 50.4 Å². The second kappa shape index (κ2) is 4.56. The lowest BCUT2D eigenvalue weighted by molar-refractivity contribution is 0.634. The zero-order valence-electron chi connectivity index (χ0n) is 9.90. The molecule has 0 fully saturated rings. The number of nitrogens with zero attached hydrogens (tertiary/aromatic N) is 1. The van der Waals surface area contributed by atoms with Gasteiger partial charge in [0.05, 0.1) is 6.54 Å². The molecule has 0 saturated heterocycles. The molecule has 1 aromatic rings. The first kappa shape index (κ1) is 11.0. The number of guanidine groups is 1. The number of hydrogen-bond donors (Lipinski definition) is 2. The molecular weight excluding hydrogens is 198 g/mol. The Morgan fingerprint density at radius 1 is 1.31 bits per heavy atom. The van der Waals surface area contributed by atoms with E-state index in [2.05, 4.69) is 48.4 Å². The van der Waals surface area contributed by atoms with Gasteiger partial charge in [-0.15, -0.1) is 0 Å². The lowest BCUT2D eigenvalue weighted by Gasteiger charge is -2.21. The van der Waals surface area contributed by atoms with Crippen molar-refractivity contribution in [3.8, 4) is 0 Å². The van der Waals surface area contributed by atoms with Crippen LogP contribution in [0.1, 0.15) is 36.8 Å². The lowest BCUT2D eigenvalue weighted by atomic mass is 9.94. The highest BCUT2D eigenvalue weighted by Crippen LogP contribution is 2.21. The maximum absolute atomic E-state index is 5.58. The molecule has 0 aliphatic carbocycles. The van der Waals surface area contributed by atoms with Crippen LogP contribution in [0, 0.1) is 0 Å². The van der Waals surface area contributed by atoms with Crippen LogP contribution in [0.15, 0.2) is 29.3 Å². The van der Waals surface area contributed by atoms with Gasteiger partial charge in [0, 0.05) is 12.5 Å². The molecule has 1 aromatic carbocycles. The SMILES string of the molecule is CC(C)c1ccc(C2CN=C(N)NC2)cc1. The van der Waals surface area contributed by atoms with Gasteiger partial charge < -0.3 is 11.1 Å². The zero-order chi connectivity index (χ0) is 11.5. The molecule has 1 aliphatic rings. The number of nitrogens with one attached hydrogen (secondary N) is 1. The van der Waals surface area contributed by atoms with Crippen molar-refractivity contribution in [1.82, 2.24) is 5.32 Å². The van der Waals surface area contributed by atoms with Crippen LogP contribution in [0.5, 0.6) is 0 Å². The molecule has 3 heteroatoms. The Labute approximate surface area is 96.8 Å². The summed E-state index contributed by atoms with van der Waals surface area (Å²) in [6.45, 7) is 6.10. The van der Waals surface area contributed by atoms with E-state index in [-0.39, 0.29) is 0 Å². The smallest absolute Gasteiger partial charge is 0.188 e. The van der Waals surface area contributed by atoms with Crippen LogP contribution in [0.2, 0.25) is 0 Å². The van der Waals surface area contributed by atoms with Crippen molar-refractivity contribution >= 4 is 5.96 Å². The van der Waals surface area contributed by atoms with E-state index in [0.717, 1.165) is 13.1 Å². The molecule has 0 saturated carbocycles. The number of benzene rings is 1. The van der Waals surface area contributed by atoms with E-state index in [1.165, 1.54) is 11.1 Å². The highest BCUT2D eigenvalue weighted by molar-refractivity contribution is 5.78. The zero-order valence-corrected chi connectivity index (χ0v) is 9.90. The van der Waals surface area contributed by atoms with Crippen molar-refractivity contribution < 1.29 is 0 Å². The Morgan fingerprint density at radius 2 is 2.00 bits per heavy atom. The maximum atomic E-state index is 5.58. The summed E-state index contributed by atoms with van der Waals surface area (Å²) in [5.74, 6) is 1.61. The van der Waals surface area contributed by atoms with Gasteiger partial charge in [-0.05, 0) is 17.0 Å². The van der Waals surface area contributed by atoms with Gasteiger partial charge in [0.25, 0.3) is 0 Å². The first-order valence-electron chi connectivity index (χ1n) is 5.80. The second-order valence-electron chi connectivity index (χ2n) is 4.63. The van der Waals surface area contributed by atoms with Crippen LogP contribution in [0.4, 0.5) is 0 Å². The fourth-order valence-electron chi connectivity index (χ4n) is 1.93. The minimum absolute atomic E-state index is 0.452. The van der Waals surface area contributed by atoms with Crippen molar-refractivity contribution in [3.63, 3.8) is 0 Å². The molecule has 16 heavy (non-hydrogen) atoms. The van der Waals surface area contributed by atoms with Crippen molar-refractivity contribution in [2.45, 2.75) is 25.7 Å². The summed E-state index contributed by atoms with van der Waals surface area (Å²) in [5, 5.41) is 3.10. The summed E-state index contributed by atoms with van der Waals surface area (Å²) in [6.07, 6.45) is 0. The Hall–Kier alpha value is -1.51. The predicted octanol–water partition coefficient (Wildman–Crippen LogP) is 1.81. The largest absolute Gasteiger partial charge is 0.370 e. The highest BCUT2D eigenvalue weighted by atomic mass is 15.1. The fourth-order valence-corrected chi connectivity index (χ4v) is 1.93. The summed E-state index contributed by atoms with van der Waals surface area (Å²) in [4.78, 5) is 4.23. The van der Waals surface area contributed by atoms with Crippen molar-refractivity contribution in [2.75, 3.05) is 13.1 Å². The normalized spacial score (nSPS) is 20.4. The minimum atomic E-state index is 0.452. The Kier molecular flexibility index (Phi) is 3.13. The van der Waals surface area contributed by atoms with Gasteiger partial charge >= 0.3 is 0 Å². The van der Waals surface area contributed by atoms with Crippen molar-refractivity contribution in [1.29, 1.82) is 0 Å². The number of rotatable bonds is 2. The van der Waals surface area contributed by atoms with E-state index in [4.69, 9.17) is 5.73 Å². The van der Waals surface area contributed by atoms with Crippen LogP contribution in [0.3, 0.4) is 0 Å². The Bertz CT molecular complexity index is 379. The number of hydrogen-bond acceptors (Lipinski definition) is 3. The molecule has 86 valence electrons. The van der Waals surface area contributed by atoms with E-state index >= 15 is 0 Å². The van der Waals surface area contributed by atoms with E-state index in [9.17, 15) is 0 Å². The molecule has 1 heterocycles. The summed E-state index contributed by atoms with van der Waals surface area (Å²) >= 11 is 0. The predicted molar refractivity (Wildman–Crippen MR) is 67.8 cm³/mol. The van der Waals surface area contributed by atoms with Crippen molar-refractivity contribution in [3.05, 3.63) is 35.4 Å². The molecule has 0 radical (unpaired) electrons. The quantitative estimate of drug-likeness (QED) is 0.793. The van der Waals surface area contributed by atoms with Gasteiger partial charge in [0.15, 0.2) is 5.96 Å². The monoisotopic (exact) mass is 217 g/mol. The van der Waals surface area contributed by atoms with E-state index in [1.54, 1.807) is 0 Å². The van der Waals surface area contributed by atoms with Gasteiger partial charge in [-0.3, -0.25) is 4.99 Å². The third-order valence-corrected chi connectivity index (χ3v) is 3.09.